The molecular weight excluding hydrogens is 319 g/mol. The van der Waals surface area contributed by atoms with E-state index in [9.17, 15) is 4.39 Å². The maximum Gasteiger partial charge on any atom is 0.134 e. The molecule has 0 saturated carbocycles. The molecule has 4 rings (SSSR count). The predicted molar refractivity (Wildman–Crippen MR) is 95.5 cm³/mol. The summed E-state index contributed by atoms with van der Waals surface area (Å²) in [5, 5.41) is 0. The molecule has 0 aliphatic carbocycles. The largest absolute Gasteiger partial charge is 0.378 e. The van der Waals surface area contributed by atoms with Crippen molar-refractivity contribution in [1.29, 1.82) is 0 Å². The second-order valence-electron chi connectivity index (χ2n) is 6.77. The van der Waals surface area contributed by atoms with Gasteiger partial charge < -0.3 is 14.5 Å². The number of anilines is 2. The normalized spacial score (nSPS) is 20.9. The van der Waals surface area contributed by atoms with E-state index < -0.39 is 0 Å². The fourth-order valence-electron chi connectivity index (χ4n) is 3.64. The molecule has 6 heteroatoms. The number of benzene rings is 1. The highest BCUT2D eigenvalue weighted by molar-refractivity contribution is 5.51. The van der Waals surface area contributed by atoms with Crippen molar-refractivity contribution in [1.82, 2.24) is 9.97 Å². The molecule has 2 aromatic rings. The second-order valence-corrected chi connectivity index (χ2v) is 6.77. The molecular formula is C19H23FN4O. The molecule has 132 valence electrons. The van der Waals surface area contributed by atoms with E-state index >= 15 is 0 Å². The van der Waals surface area contributed by atoms with E-state index in [0.29, 0.717) is 5.92 Å². The Kier molecular flexibility index (Phi) is 4.78. The van der Waals surface area contributed by atoms with Gasteiger partial charge in [-0.2, -0.15) is 0 Å². The lowest BCUT2D eigenvalue weighted by Crippen LogP contribution is -2.37. The van der Waals surface area contributed by atoms with Crippen LogP contribution in [-0.2, 0) is 11.2 Å². The fourth-order valence-corrected chi connectivity index (χ4v) is 3.64. The van der Waals surface area contributed by atoms with Gasteiger partial charge in [-0.1, -0.05) is 12.1 Å². The van der Waals surface area contributed by atoms with Crippen LogP contribution < -0.4 is 9.80 Å². The Hall–Kier alpha value is -2.21. The predicted octanol–water partition coefficient (Wildman–Crippen LogP) is 2.52. The molecule has 2 aliphatic heterocycles. The molecule has 0 amide bonds. The third-order valence-corrected chi connectivity index (χ3v) is 5.02. The minimum atomic E-state index is -0.173. The van der Waals surface area contributed by atoms with Crippen LogP contribution in [0.3, 0.4) is 0 Å². The molecule has 1 aromatic heterocycles. The molecule has 5 nitrogen and oxygen atoms in total. The van der Waals surface area contributed by atoms with Crippen LogP contribution in [0.5, 0.6) is 0 Å². The number of ether oxygens (including phenoxy) is 1. The molecule has 3 heterocycles. The van der Waals surface area contributed by atoms with Gasteiger partial charge in [0, 0.05) is 32.2 Å². The molecule has 1 aromatic carbocycles. The minimum absolute atomic E-state index is 0.173. The third-order valence-electron chi connectivity index (χ3n) is 5.02. The maximum atomic E-state index is 13.0. The molecule has 0 spiro atoms. The van der Waals surface area contributed by atoms with Gasteiger partial charge >= 0.3 is 0 Å². The Morgan fingerprint density at radius 3 is 2.48 bits per heavy atom. The van der Waals surface area contributed by atoms with Crippen LogP contribution in [0.1, 0.15) is 12.0 Å². The zero-order chi connectivity index (χ0) is 17.1. The van der Waals surface area contributed by atoms with E-state index in [2.05, 4.69) is 25.8 Å². The lowest BCUT2D eigenvalue weighted by Gasteiger charge is -2.28. The fraction of sp³-hybridized carbons (Fsp3) is 0.474. The first-order valence-electron chi connectivity index (χ1n) is 8.92. The van der Waals surface area contributed by atoms with Crippen LogP contribution in [-0.4, -0.2) is 49.4 Å². The standard InChI is InChI=1S/C19H23FN4O/c20-17-3-1-15(2-4-17)11-16-5-6-24(13-16)19-12-18(21-14-22-19)23-7-9-25-10-8-23/h1-4,12,14,16H,5-11,13H2/t16-/m1/s1. The molecule has 25 heavy (non-hydrogen) atoms. The summed E-state index contributed by atoms with van der Waals surface area (Å²) in [5.74, 6) is 2.38. The van der Waals surface area contributed by atoms with Crippen LogP contribution in [0.15, 0.2) is 36.7 Å². The molecule has 0 radical (unpaired) electrons. The van der Waals surface area contributed by atoms with E-state index in [-0.39, 0.29) is 5.82 Å². The average Bonchev–Trinajstić information content (AvgIpc) is 3.13. The molecule has 0 unspecified atom stereocenters. The lowest BCUT2D eigenvalue weighted by molar-refractivity contribution is 0.122. The quantitative estimate of drug-likeness (QED) is 0.854. The summed E-state index contributed by atoms with van der Waals surface area (Å²) in [6.07, 6.45) is 3.78. The third kappa shape index (κ3) is 3.90. The van der Waals surface area contributed by atoms with Crippen molar-refractivity contribution in [3.05, 3.63) is 48.0 Å². The van der Waals surface area contributed by atoms with Gasteiger partial charge in [0.15, 0.2) is 0 Å². The van der Waals surface area contributed by atoms with Gasteiger partial charge in [-0.05, 0) is 36.5 Å². The Bertz CT molecular complexity index is 703. The highest BCUT2D eigenvalue weighted by Gasteiger charge is 2.24. The van der Waals surface area contributed by atoms with Gasteiger partial charge in [0.1, 0.15) is 23.8 Å². The summed E-state index contributed by atoms with van der Waals surface area (Å²) in [5.41, 5.74) is 1.20. The number of rotatable bonds is 4. The van der Waals surface area contributed by atoms with Gasteiger partial charge in [-0.3, -0.25) is 0 Å². The van der Waals surface area contributed by atoms with Crippen LogP contribution >= 0.6 is 0 Å². The Morgan fingerprint density at radius 2 is 1.72 bits per heavy atom. The van der Waals surface area contributed by atoms with Crippen LogP contribution in [0.4, 0.5) is 16.0 Å². The summed E-state index contributed by atoms with van der Waals surface area (Å²) >= 11 is 0. The number of hydrogen-bond donors (Lipinski definition) is 0. The number of nitrogens with zero attached hydrogens (tertiary/aromatic N) is 4. The van der Waals surface area contributed by atoms with Crippen molar-refractivity contribution in [3.8, 4) is 0 Å². The zero-order valence-electron chi connectivity index (χ0n) is 14.3. The van der Waals surface area contributed by atoms with Crippen LogP contribution in [0.2, 0.25) is 0 Å². The molecule has 0 N–H and O–H groups in total. The van der Waals surface area contributed by atoms with E-state index in [1.165, 1.54) is 5.56 Å². The van der Waals surface area contributed by atoms with Gasteiger partial charge in [-0.15, -0.1) is 0 Å². The Morgan fingerprint density at radius 1 is 1.00 bits per heavy atom. The lowest BCUT2D eigenvalue weighted by atomic mass is 9.99. The Labute approximate surface area is 147 Å². The highest BCUT2D eigenvalue weighted by atomic mass is 19.1. The van der Waals surface area contributed by atoms with Crippen molar-refractivity contribution in [2.75, 3.05) is 49.2 Å². The Balaban J connectivity index is 1.40. The molecule has 1 atom stereocenters. The highest BCUT2D eigenvalue weighted by Crippen LogP contribution is 2.26. The van der Waals surface area contributed by atoms with Crippen molar-refractivity contribution >= 4 is 11.6 Å². The van der Waals surface area contributed by atoms with E-state index in [1.807, 2.05) is 12.1 Å². The van der Waals surface area contributed by atoms with Crippen molar-refractivity contribution in [2.24, 2.45) is 5.92 Å². The number of aromatic nitrogens is 2. The summed E-state index contributed by atoms with van der Waals surface area (Å²) in [6.45, 7) is 5.25. The SMILES string of the molecule is Fc1ccc(C[C@H]2CCN(c3cc(N4CCOCC4)ncn3)C2)cc1. The van der Waals surface area contributed by atoms with Gasteiger partial charge in [-0.25, -0.2) is 14.4 Å². The summed E-state index contributed by atoms with van der Waals surface area (Å²) < 4.78 is 18.5. The summed E-state index contributed by atoms with van der Waals surface area (Å²) in [7, 11) is 0. The van der Waals surface area contributed by atoms with Gasteiger partial charge in [0.2, 0.25) is 0 Å². The van der Waals surface area contributed by atoms with Gasteiger partial charge in [0.05, 0.1) is 13.2 Å². The molecule has 2 aliphatic rings. The molecule has 2 saturated heterocycles. The topological polar surface area (TPSA) is 41.5 Å². The van der Waals surface area contributed by atoms with Crippen LogP contribution in [0.25, 0.3) is 0 Å². The van der Waals surface area contributed by atoms with Crippen LogP contribution in [0, 0.1) is 11.7 Å². The number of hydrogen-bond acceptors (Lipinski definition) is 5. The smallest absolute Gasteiger partial charge is 0.134 e. The number of morpholine rings is 1. The monoisotopic (exact) mass is 342 g/mol. The van der Waals surface area contributed by atoms with Crippen molar-refractivity contribution < 1.29 is 9.13 Å². The van der Waals surface area contributed by atoms with Gasteiger partial charge in [0.25, 0.3) is 0 Å². The van der Waals surface area contributed by atoms with E-state index in [0.717, 1.165) is 63.9 Å². The van der Waals surface area contributed by atoms with E-state index in [1.54, 1.807) is 18.5 Å². The zero-order valence-corrected chi connectivity index (χ0v) is 14.3. The molecule has 2 fully saturated rings. The number of halogens is 1. The van der Waals surface area contributed by atoms with E-state index in [4.69, 9.17) is 4.74 Å². The van der Waals surface area contributed by atoms with Crippen molar-refractivity contribution in [2.45, 2.75) is 12.8 Å². The molecule has 0 bridgehead atoms. The average molecular weight is 342 g/mol. The second kappa shape index (κ2) is 7.35. The minimum Gasteiger partial charge on any atom is -0.378 e. The maximum absolute atomic E-state index is 13.0. The first-order valence-corrected chi connectivity index (χ1v) is 8.92. The summed E-state index contributed by atoms with van der Waals surface area (Å²) in [6, 6.07) is 8.95. The first kappa shape index (κ1) is 16.3. The first-order chi connectivity index (χ1) is 12.3. The van der Waals surface area contributed by atoms with Crippen molar-refractivity contribution in [3.63, 3.8) is 0 Å². The summed E-state index contributed by atoms with van der Waals surface area (Å²) in [4.78, 5) is 13.5.